The predicted molar refractivity (Wildman–Crippen MR) is 139 cm³/mol. The third-order valence-corrected chi connectivity index (χ3v) is 7.06. The number of ether oxygens (including phenoxy) is 2. The third kappa shape index (κ3) is 5.84. The fourth-order valence-electron chi connectivity index (χ4n) is 3.40. The standard InChI is InChI=1S/C26H21BrClNO4S/c1-32-22-13-19(21(27)15-23(22)33-16-18-7-9-20(28)10-8-18)14-24-25(30)29(26(31)34-24)12-11-17-5-3-2-4-6-17/h2-10,13-15H,11-12,16H2,1H3/b24-14-. The van der Waals surface area contributed by atoms with E-state index in [0.717, 1.165) is 27.4 Å². The molecule has 0 radical (unpaired) electrons. The Hall–Kier alpha value is -2.74. The molecule has 5 nitrogen and oxygen atoms in total. The van der Waals surface area contributed by atoms with Gasteiger partial charge in [0.25, 0.3) is 11.1 Å². The Bertz CT molecular complexity index is 1230. The Balaban J connectivity index is 1.48. The molecular formula is C26H21BrClNO4S. The van der Waals surface area contributed by atoms with Crippen LogP contribution in [0.5, 0.6) is 11.5 Å². The van der Waals surface area contributed by atoms with Crippen molar-refractivity contribution in [2.45, 2.75) is 13.0 Å². The van der Waals surface area contributed by atoms with E-state index in [-0.39, 0.29) is 11.1 Å². The highest BCUT2D eigenvalue weighted by Gasteiger charge is 2.34. The molecule has 0 saturated carbocycles. The van der Waals surface area contributed by atoms with Crippen molar-refractivity contribution in [1.29, 1.82) is 0 Å². The number of thioether (sulfide) groups is 1. The lowest BCUT2D eigenvalue weighted by Crippen LogP contribution is -2.30. The molecule has 1 heterocycles. The van der Waals surface area contributed by atoms with Crippen LogP contribution in [-0.2, 0) is 17.8 Å². The van der Waals surface area contributed by atoms with Gasteiger partial charge >= 0.3 is 0 Å². The molecule has 1 aliphatic rings. The summed E-state index contributed by atoms with van der Waals surface area (Å²) in [6, 6.07) is 20.8. The number of hydrogen-bond acceptors (Lipinski definition) is 5. The summed E-state index contributed by atoms with van der Waals surface area (Å²) in [6.45, 7) is 0.688. The number of amides is 2. The number of benzene rings is 3. The second-order valence-electron chi connectivity index (χ2n) is 7.51. The van der Waals surface area contributed by atoms with E-state index in [0.29, 0.717) is 46.6 Å². The Morgan fingerprint density at radius 1 is 1.00 bits per heavy atom. The fraction of sp³-hybridized carbons (Fsp3) is 0.154. The van der Waals surface area contributed by atoms with Crippen molar-refractivity contribution >= 4 is 56.5 Å². The lowest BCUT2D eigenvalue weighted by Gasteiger charge is -2.13. The average molecular weight is 559 g/mol. The van der Waals surface area contributed by atoms with E-state index in [1.165, 1.54) is 4.90 Å². The maximum Gasteiger partial charge on any atom is 0.293 e. The molecule has 8 heteroatoms. The number of rotatable bonds is 8. The van der Waals surface area contributed by atoms with Crippen LogP contribution in [0.2, 0.25) is 5.02 Å². The van der Waals surface area contributed by atoms with Crippen molar-refractivity contribution in [2.75, 3.05) is 13.7 Å². The van der Waals surface area contributed by atoms with Gasteiger partial charge in [-0.05, 0) is 65.2 Å². The van der Waals surface area contributed by atoms with Crippen molar-refractivity contribution in [3.05, 3.63) is 97.8 Å². The summed E-state index contributed by atoms with van der Waals surface area (Å²) in [5.41, 5.74) is 2.76. The van der Waals surface area contributed by atoms with E-state index < -0.39 is 0 Å². The lowest BCUT2D eigenvalue weighted by molar-refractivity contribution is -0.122. The molecule has 3 aromatic carbocycles. The fourth-order valence-corrected chi connectivity index (χ4v) is 4.81. The highest BCUT2D eigenvalue weighted by molar-refractivity contribution is 9.10. The van der Waals surface area contributed by atoms with E-state index in [9.17, 15) is 9.59 Å². The molecule has 0 spiro atoms. The number of imide groups is 1. The van der Waals surface area contributed by atoms with Gasteiger partial charge in [0, 0.05) is 16.0 Å². The predicted octanol–water partition coefficient (Wildman–Crippen LogP) is 6.97. The van der Waals surface area contributed by atoms with Crippen LogP contribution in [0, 0.1) is 0 Å². The van der Waals surface area contributed by atoms with Gasteiger partial charge in [-0.15, -0.1) is 0 Å². The Morgan fingerprint density at radius 3 is 2.44 bits per heavy atom. The molecule has 4 rings (SSSR count). The van der Waals surface area contributed by atoms with Crippen molar-refractivity contribution in [3.63, 3.8) is 0 Å². The van der Waals surface area contributed by atoms with Crippen molar-refractivity contribution in [3.8, 4) is 11.5 Å². The summed E-state index contributed by atoms with van der Waals surface area (Å²) >= 11 is 10.4. The van der Waals surface area contributed by atoms with Crippen LogP contribution in [0.1, 0.15) is 16.7 Å². The molecule has 0 unspecified atom stereocenters. The zero-order valence-electron chi connectivity index (χ0n) is 18.3. The maximum atomic E-state index is 12.9. The van der Waals surface area contributed by atoms with Gasteiger partial charge in [0.2, 0.25) is 0 Å². The van der Waals surface area contributed by atoms with E-state index in [1.807, 2.05) is 54.6 Å². The third-order valence-electron chi connectivity index (χ3n) is 5.22. The van der Waals surface area contributed by atoms with Crippen molar-refractivity contribution < 1.29 is 19.1 Å². The minimum absolute atomic E-state index is 0.266. The first-order chi connectivity index (χ1) is 16.4. The van der Waals surface area contributed by atoms with Gasteiger partial charge in [0.1, 0.15) is 6.61 Å². The summed E-state index contributed by atoms with van der Waals surface area (Å²) in [6.07, 6.45) is 2.31. The number of halogens is 2. The first-order valence-electron chi connectivity index (χ1n) is 10.5. The second-order valence-corrected chi connectivity index (χ2v) is 9.79. The molecular weight excluding hydrogens is 538 g/mol. The maximum absolute atomic E-state index is 12.9. The topological polar surface area (TPSA) is 55.8 Å². The molecule has 2 amide bonds. The normalized spacial score (nSPS) is 14.7. The smallest absolute Gasteiger partial charge is 0.293 e. The van der Waals surface area contributed by atoms with E-state index in [1.54, 1.807) is 25.3 Å². The van der Waals surface area contributed by atoms with Crippen LogP contribution in [-0.4, -0.2) is 29.7 Å². The average Bonchev–Trinajstić information content (AvgIpc) is 3.11. The van der Waals surface area contributed by atoms with E-state index in [2.05, 4.69) is 15.9 Å². The zero-order chi connectivity index (χ0) is 24.1. The molecule has 0 bridgehead atoms. The summed E-state index contributed by atoms with van der Waals surface area (Å²) < 4.78 is 12.2. The quantitative estimate of drug-likeness (QED) is 0.280. The van der Waals surface area contributed by atoms with Gasteiger partial charge in [-0.2, -0.15) is 0 Å². The lowest BCUT2D eigenvalue weighted by atomic mass is 10.1. The Kier molecular flexibility index (Phi) is 7.98. The van der Waals surface area contributed by atoms with Crippen molar-refractivity contribution in [2.24, 2.45) is 0 Å². The summed E-state index contributed by atoms with van der Waals surface area (Å²) in [5, 5.41) is 0.399. The minimum atomic E-state index is -0.292. The Morgan fingerprint density at radius 2 is 1.74 bits per heavy atom. The molecule has 0 atom stereocenters. The molecule has 0 aliphatic carbocycles. The number of methoxy groups -OCH3 is 1. The summed E-state index contributed by atoms with van der Waals surface area (Å²) in [4.78, 5) is 27.0. The zero-order valence-corrected chi connectivity index (χ0v) is 21.5. The number of carbonyl (C=O) groups is 2. The first kappa shape index (κ1) is 24.4. The molecule has 174 valence electrons. The SMILES string of the molecule is COc1cc(/C=C2\SC(=O)N(CCc3ccccc3)C2=O)c(Br)cc1OCc1ccc(Cl)cc1. The van der Waals surface area contributed by atoms with Crippen LogP contribution in [0.3, 0.4) is 0 Å². The molecule has 3 aromatic rings. The highest BCUT2D eigenvalue weighted by Crippen LogP contribution is 2.38. The van der Waals surface area contributed by atoms with Crippen LogP contribution >= 0.6 is 39.3 Å². The Labute approximate surface area is 215 Å². The number of nitrogens with zero attached hydrogens (tertiary/aromatic N) is 1. The van der Waals surface area contributed by atoms with Gasteiger partial charge in [-0.25, -0.2) is 0 Å². The number of hydrogen-bond donors (Lipinski definition) is 0. The first-order valence-corrected chi connectivity index (χ1v) is 12.5. The second kappa shape index (κ2) is 11.1. The van der Waals surface area contributed by atoms with Crippen LogP contribution in [0.15, 0.2) is 76.1 Å². The number of carbonyl (C=O) groups excluding carboxylic acids is 2. The van der Waals surface area contributed by atoms with Gasteiger partial charge in [-0.3, -0.25) is 14.5 Å². The van der Waals surface area contributed by atoms with Gasteiger partial charge < -0.3 is 9.47 Å². The van der Waals surface area contributed by atoms with Gasteiger partial charge in [0.15, 0.2) is 11.5 Å². The summed E-state index contributed by atoms with van der Waals surface area (Å²) in [7, 11) is 1.56. The van der Waals surface area contributed by atoms with E-state index in [4.69, 9.17) is 21.1 Å². The van der Waals surface area contributed by atoms with Crippen LogP contribution < -0.4 is 9.47 Å². The molecule has 1 saturated heterocycles. The molecule has 1 aliphatic heterocycles. The molecule has 0 aromatic heterocycles. The monoisotopic (exact) mass is 557 g/mol. The van der Waals surface area contributed by atoms with Crippen LogP contribution in [0.4, 0.5) is 4.79 Å². The molecule has 0 N–H and O–H groups in total. The highest BCUT2D eigenvalue weighted by atomic mass is 79.9. The molecule has 34 heavy (non-hydrogen) atoms. The molecule has 1 fully saturated rings. The summed E-state index contributed by atoms with van der Waals surface area (Å²) in [5.74, 6) is 0.782. The van der Waals surface area contributed by atoms with Gasteiger partial charge in [-0.1, -0.05) is 70.0 Å². The van der Waals surface area contributed by atoms with E-state index >= 15 is 0 Å². The largest absolute Gasteiger partial charge is 0.493 e. The van der Waals surface area contributed by atoms with Crippen molar-refractivity contribution in [1.82, 2.24) is 4.90 Å². The van der Waals surface area contributed by atoms with Crippen LogP contribution in [0.25, 0.3) is 6.08 Å². The minimum Gasteiger partial charge on any atom is -0.493 e. The van der Waals surface area contributed by atoms with Gasteiger partial charge in [0.05, 0.1) is 12.0 Å².